The van der Waals surface area contributed by atoms with E-state index >= 15 is 0 Å². The Bertz CT molecular complexity index is 621. The van der Waals surface area contributed by atoms with Gasteiger partial charge in [0.15, 0.2) is 0 Å². The second-order valence-corrected chi connectivity index (χ2v) is 4.76. The highest BCUT2D eigenvalue weighted by Crippen LogP contribution is 2.18. The molecule has 0 unspecified atom stereocenters. The summed E-state index contributed by atoms with van der Waals surface area (Å²) in [6.07, 6.45) is 1.87. The summed E-state index contributed by atoms with van der Waals surface area (Å²) in [5, 5.41) is 7.50. The molecule has 1 amide bonds. The van der Waals surface area contributed by atoms with Crippen LogP contribution in [-0.2, 0) is 13.6 Å². The number of hydrogen-bond donors (Lipinski definition) is 2. The number of benzene rings is 1. The maximum atomic E-state index is 12.0. The van der Waals surface area contributed by atoms with E-state index in [1.165, 1.54) is 0 Å². The first kappa shape index (κ1) is 13.4. The van der Waals surface area contributed by atoms with Gasteiger partial charge in [-0.15, -0.1) is 0 Å². The second kappa shape index (κ2) is 5.32. The summed E-state index contributed by atoms with van der Waals surface area (Å²) in [7, 11) is 1.84. The van der Waals surface area contributed by atoms with Crippen LogP contribution in [0.5, 0.6) is 0 Å². The van der Waals surface area contributed by atoms with E-state index in [2.05, 4.69) is 10.4 Å². The summed E-state index contributed by atoms with van der Waals surface area (Å²) < 4.78 is 1.71. The van der Waals surface area contributed by atoms with Gasteiger partial charge in [0, 0.05) is 36.1 Å². The van der Waals surface area contributed by atoms with Gasteiger partial charge in [0.1, 0.15) is 0 Å². The predicted molar refractivity (Wildman–Crippen MR) is 75.0 cm³/mol. The minimum atomic E-state index is -0.247. The van der Waals surface area contributed by atoms with Crippen molar-refractivity contribution < 1.29 is 4.79 Å². The van der Waals surface area contributed by atoms with Gasteiger partial charge in [-0.25, -0.2) is 0 Å². The smallest absolute Gasteiger partial charge is 0.253 e. The van der Waals surface area contributed by atoms with Crippen LogP contribution in [0, 0.1) is 6.92 Å². The lowest BCUT2D eigenvalue weighted by Gasteiger charge is -2.07. The van der Waals surface area contributed by atoms with Gasteiger partial charge >= 0.3 is 0 Å². The fourth-order valence-corrected chi connectivity index (χ4v) is 1.99. The molecule has 0 aliphatic heterocycles. The van der Waals surface area contributed by atoms with Gasteiger partial charge in [-0.3, -0.25) is 9.48 Å². The molecular weight excluding hydrogens is 264 g/mol. The molecule has 6 heteroatoms. The van der Waals surface area contributed by atoms with E-state index < -0.39 is 0 Å². The number of carbonyl (C=O) groups excluding carboxylic acids is 1. The van der Waals surface area contributed by atoms with Crippen molar-refractivity contribution in [2.24, 2.45) is 7.05 Å². The standard InChI is InChI=1S/C13H15ClN4O/c1-8-9(7-18(2)17-8)6-16-13(19)11-5-10(14)3-4-12(11)15/h3-5,7H,6,15H2,1-2H3,(H,16,19). The molecule has 0 fully saturated rings. The summed E-state index contributed by atoms with van der Waals surface area (Å²) >= 11 is 5.86. The normalized spacial score (nSPS) is 10.5. The third-order valence-corrected chi connectivity index (χ3v) is 3.05. The van der Waals surface area contributed by atoms with Gasteiger partial charge in [0.25, 0.3) is 5.91 Å². The summed E-state index contributed by atoms with van der Waals surface area (Å²) in [6, 6.07) is 4.83. The lowest BCUT2D eigenvalue weighted by atomic mass is 10.1. The van der Waals surface area contributed by atoms with Crippen molar-refractivity contribution in [2.45, 2.75) is 13.5 Å². The summed E-state index contributed by atoms with van der Waals surface area (Å²) in [6.45, 7) is 2.31. The molecule has 5 nitrogen and oxygen atoms in total. The van der Waals surface area contributed by atoms with Crippen LogP contribution in [0.15, 0.2) is 24.4 Å². The first-order valence-electron chi connectivity index (χ1n) is 5.79. The monoisotopic (exact) mass is 278 g/mol. The maximum absolute atomic E-state index is 12.0. The van der Waals surface area contributed by atoms with Gasteiger partial charge in [-0.1, -0.05) is 11.6 Å². The predicted octanol–water partition coefficient (Wildman–Crippen LogP) is 1.89. The van der Waals surface area contributed by atoms with Crippen molar-refractivity contribution in [3.05, 3.63) is 46.2 Å². The van der Waals surface area contributed by atoms with Crippen molar-refractivity contribution >= 4 is 23.2 Å². The molecule has 1 aromatic carbocycles. The molecule has 0 bridgehead atoms. The summed E-state index contributed by atoms with van der Waals surface area (Å²) in [4.78, 5) is 12.0. The fraction of sp³-hybridized carbons (Fsp3) is 0.231. The van der Waals surface area contributed by atoms with E-state index in [4.69, 9.17) is 17.3 Å². The largest absolute Gasteiger partial charge is 0.398 e. The van der Waals surface area contributed by atoms with E-state index in [1.54, 1.807) is 22.9 Å². The van der Waals surface area contributed by atoms with Crippen molar-refractivity contribution in [1.82, 2.24) is 15.1 Å². The van der Waals surface area contributed by atoms with E-state index in [1.807, 2.05) is 20.2 Å². The highest BCUT2D eigenvalue weighted by Gasteiger charge is 2.11. The Morgan fingerprint density at radius 2 is 2.26 bits per heavy atom. The number of aryl methyl sites for hydroxylation is 2. The van der Waals surface area contributed by atoms with Crippen LogP contribution in [-0.4, -0.2) is 15.7 Å². The van der Waals surface area contributed by atoms with E-state index in [0.29, 0.717) is 22.8 Å². The lowest BCUT2D eigenvalue weighted by Crippen LogP contribution is -2.24. The average molecular weight is 279 g/mol. The molecule has 0 saturated heterocycles. The number of aromatic nitrogens is 2. The highest BCUT2D eigenvalue weighted by atomic mass is 35.5. The van der Waals surface area contributed by atoms with E-state index in [-0.39, 0.29) is 5.91 Å². The van der Waals surface area contributed by atoms with E-state index in [9.17, 15) is 4.79 Å². The molecule has 0 aliphatic carbocycles. The molecule has 2 rings (SSSR count). The number of halogens is 1. The third-order valence-electron chi connectivity index (χ3n) is 2.81. The number of amides is 1. The van der Waals surface area contributed by atoms with Crippen LogP contribution >= 0.6 is 11.6 Å². The van der Waals surface area contributed by atoms with Crippen LogP contribution < -0.4 is 11.1 Å². The molecule has 0 spiro atoms. The first-order valence-corrected chi connectivity index (χ1v) is 6.17. The van der Waals surface area contributed by atoms with Gasteiger partial charge in [0.2, 0.25) is 0 Å². The van der Waals surface area contributed by atoms with Crippen molar-refractivity contribution in [2.75, 3.05) is 5.73 Å². The molecular formula is C13H15ClN4O. The molecule has 0 aliphatic rings. The van der Waals surface area contributed by atoms with E-state index in [0.717, 1.165) is 11.3 Å². The molecule has 0 atom stereocenters. The van der Waals surface area contributed by atoms with Crippen LogP contribution in [0.4, 0.5) is 5.69 Å². The summed E-state index contributed by atoms with van der Waals surface area (Å²) in [5.74, 6) is -0.247. The molecule has 1 heterocycles. The number of nitrogens with zero attached hydrogens (tertiary/aromatic N) is 2. The number of nitrogen functional groups attached to an aromatic ring is 1. The number of carbonyl (C=O) groups is 1. The van der Waals surface area contributed by atoms with Gasteiger partial charge in [-0.05, 0) is 25.1 Å². The van der Waals surface area contributed by atoms with Crippen LogP contribution in [0.2, 0.25) is 5.02 Å². The summed E-state index contributed by atoms with van der Waals surface area (Å²) in [5.41, 5.74) is 8.41. The van der Waals surface area contributed by atoms with Crippen molar-refractivity contribution in [3.63, 3.8) is 0 Å². The number of anilines is 1. The minimum absolute atomic E-state index is 0.247. The minimum Gasteiger partial charge on any atom is -0.398 e. The molecule has 0 radical (unpaired) electrons. The zero-order valence-corrected chi connectivity index (χ0v) is 11.5. The zero-order chi connectivity index (χ0) is 14.0. The lowest BCUT2D eigenvalue weighted by molar-refractivity contribution is 0.0952. The highest BCUT2D eigenvalue weighted by molar-refractivity contribution is 6.31. The molecule has 3 N–H and O–H groups in total. The van der Waals surface area contributed by atoms with Gasteiger partial charge in [0.05, 0.1) is 11.3 Å². The van der Waals surface area contributed by atoms with Gasteiger partial charge in [-0.2, -0.15) is 5.10 Å². The Hall–Kier alpha value is -2.01. The Labute approximate surface area is 116 Å². The average Bonchev–Trinajstić information content (AvgIpc) is 2.68. The van der Waals surface area contributed by atoms with Crippen LogP contribution in [0.3, 0.4) is 0 Å². The van der Waals surface area contributed by atoms with Gasteiger partial charge < -0.3 is 11.1 Å². The first-order chi connectivity index (χ1) is 8.97. The zero-order valence-electron chi connectivity index (χ0n) is 10.8. The van der Waals surface area contributed by atoms with Crippen LogP contribution in [0.1, 0.15) is 21.6 Å². The molecule has 100 valence electrons. The third kappa shape index (κ3) is 3.06. The molecule has 0 saturated carbocycles. The molecule has 1 aromatic heterocycles. The molecule has 19 heavy (non-hydrogen) atoms. The Morgan fingerprint density at radius 1 is 1.53 bits per heavy atom. The second-order valence-electron chi connectivity index (χ2n) is 4.33. The fourth-order valence-electron chi connectivity index (χ4n) is 1.82. The number of nitrogens with one attached hydrogen (secondary N) is 1. The number of rotatable bonds is 3. The van der Waals surface area contributed by atoms with Crippen molar-refractivity contribution in [3.8, 4) is 0 Å². The Morgan fingerprint density at radius 3 is 2.89 bits per heavy atom. The Balaban J connectivity index is 2.09. The Kier molecular flexibility index (Phi) is 3.76. The maximum Gasteiger partial charge on any atom is 0.253 e. The van der Waals surface area contributed by atoms with Crippen LogP contribution in [0.25, 0.3) is 0 Å². The topological polar surface area (TPSA) is 72.9 Å². The quantitative estimate of drug-likeness (QED) is 0.842. The SMILES string of the molecule is Cc1nn(C)cc1CNC(=O)c1cc(Cl)ccc1N. The molecule has 2 aromatic rings. The number of hydrogen-bond acceptors (Lipinski definition) is 3. The van der Waals surface area contributed by atoms with Crippen molar-refractivity contribution in [1.29, 1.82) is 0 Å². The number of nitrogens with two attached hydrogens (primary N) is 1.